The van der Waals surface area contributed by atoms with Crippen LogP contribution in [0.3, 0.4) is 0 Å². The first kappa shape index (κ1) is 14.9. The maximum absolute atomic E-state index is 9.88. The Balaban J connectivity index is 1.77. The van der Waals surface area contributed by atoms with Gasteiger partial charge >= 0.3 is 0 Å². The number of phenols is 3. The van der Waals surface area contributed by atoms with Crippen molar-refractivity contribution in [2.75, 3.05) is 12.8 Å². The molecule has 3 N–H and O–H groups in total. The number of rotatable bonds is 3. The summed E-state index contributed by atoms with van der Waals surface area (Å²) in [6.07, 6.45) is 4.64. The lowest BCUT2D eigenvalue weighted by molar-refractivity contribution is 0.238. The van der Waals surface area contributed by atoms with E-state index in [2.05, 4.69) is 14.9 Å². The highest BCUT2D eigenvalue weighted by Crippen LogP contribution is 2.33. The molecule has 0 bridgehead atoms. The number of nitrogens with zero attached hydrogens (tertiary/aromatic N) is 3. The van der Waals surface area contributed by atoms with Crippen LogP contribution in [0.25, 0.3) is 0 Å². The zero-order chi connectivity index (χ0) is 15.7. The Morgan fingerprint density at radius 2 is 1.95 bits per heavy atom. The lowest BCUT2D eigenvalue weighted by atomic mass is 10.1. The molecule has 0 unspecified atom stereocenters. The molecule has 116 valence electrons. The summed E-state index contributed by atoms with van der Waals surface area (Å²) < 4.78 is 0. The Labute approximate surface area is 132 Å². The highest BCUT2D eigenvalue weighted by molar-refractivity contribution is 7.98. The molecule has 1 aliphatic rings. The van der Waals surface area contributed by atoms with E-state index in [4.69, 9.17) is 0 Å². The van der Waals surface area contributed by atoms with Crippen LogP contribution in [-0.2, 0) is 19.5 Å². The molecule has 0 aliphatic carbocycles. The standard InChI is InChI=1S/C15H17N3O3S/c1-22-15-16-6-10-8-18(3-2-11(10)17-15)7-9-4-13(20)14(21)5-12(9)19/h4-6,19-21H,2-3,7-8H2,1H3. The lowest BCUT2D eigenvalue weighted by Crippen LogP contribution is -2.31. The molecule has 1 aliphatic heterocycles. The van der Waals surface area contributed by atoms with E-state index in [-0.39, 0.29) is 17.2 Å². The van der Waals surface area contributed by atoms with E-state index in [1.54, 1.807) is 0 Å². The predicted molar refractivity (Wildman–Crippen MR) is 83.1 cm³/mol. The average Bonchev–Trinajstić information content (AvgIpc) is 2.52. The van der Waals surface area contributed by atoms with E-state index >= 15 is 0 Å². The first-order valence-corrected chi connectivity index (χ1v) is 8.14. The molecule has 0 spiro atoms. The molecule has 6 nitrogen and oxygen atoms in total. The Hall–Kier alpha value is -1.99. The van der Waals surface area contributed by atoms with Crippen LogP contribution in [0.1, 0.15) is 16.8 Å². The van der Waals surface area contributed by atoms with E-state index < -0.39 is 0 Å². The molecule has 0 radical (unpaired) electrons. The maximum atomic E-state index is 9.88. The molecule has 22 heavy (non-hydrogen) atoms. The van der Waals surface area contributed by atoms with Gasteiger partial charge in [0.25, 0.3) is 0 Å². The third-order valence-electron chi connectivity index (χ3n) is 3.74. The van der Waals surface area contributed by atoms with Crippen LogP contribution in [-0.4, -0.2) is 43.0 Å². The highest BCUT2D eigenvalue weighted by atomic mass is 32.2. The summed E-state index contributed by atoms with van der Waals surface area (Å²) in [5, 5.41) is 29.6. The third-order valence-corrected chi connectivity index (χ3v) is 4.31. The second kappa shape index (κ2) is 6.02. The van der Waals surface area contributed by atoms with Crippen molar-refractivity contribution in [3.8, 4) is 17.2 Å². The van der Waals surface area contributed by atoms with Crippen molar-refractivity contribution in [3.63, 3.8) is 0 Å². The molecule has 0 saturated carbocycles. The molecule has 0 fully saturated rings. The van der Waals surface area contributed by atoms with Gasteiger partial charge in [-0.3, -0.25) is 4.90 Å². The van der Waals surface area contributed by atoms with Crippen molar-refractivity contribution in [1.82, 2.24) is 14.9 Å². The first-order valence-electron chi connectivity index (χ1n) is 6.91. The van der Waals surface area contributed by atoms with E-state index in [1.165, 1.54) is 17.8 Å². The van der Waals surface area contributed by atoms with Crippen LogP contribution in [0.5, 0.6) is 17.2 Å². The number of aromatic nitrogens is 2. The van der Waals surface area contributed by atoms with Crippen LogP contribution in [0.4, 0.5) is 0 Å². The van der Waals surface area contributed by atoms with Crippen molar-refractivity contribution in [2.45, 2.75) is 24.7 Å². The minimum Gasteiger partial charge on any atom is -0.507 e. The summed E-state index contributed by atoms with van der Waals surface area (Å²) >= 11 is 1.53. The molecule has 7 heteroatoms. The monoisotopic (exact) mass is 319 g/mol. The number of hydrogen-bond acceptors (Lipinski definition) is 7. The van der Waals surface area contributed by atoms with Gasteiger partial charge in [0.05, 0.1) is 5.69 Å². The topological polar surface area (TPSA) is 89.7 Å². The molecular formula is C15H17N3O3S. The lowest BCUT2D eigenvalue weighted by Gasteiger charge is -2.28. The summed E-state index contributed by atoms with van der Waals surface area (Å²) in [6, 6.07) is 2.56. The molecule has 2 aromatic rings. The van der Waals surface area contributed by atoms with Gasteiger partial charge in [-0.25, -0.2) is 9.97 Å². The number of aromatic hydroxyl groups is 3. The SMILES string of the molecule is CSc1ncc2c(n1)CCN(Cc1cc(O)c(O)cc1O)C2. The van der Waals surface area contributed by atoms with Gasteiger partial charge in [-0.15, -0.1) is 0 Å². The minimum absolute atomic E-state index is 0.0184. The smallest absolute Gasteiger partial charge is 0.187 e. The number of hydrogen-bond donors (Lipinski definition) is 3. The molecule has 0 saturated heterocycles. The second-order valence-electron chi connectivity index (χ2n) is 5.26. The van der Waals surface area contributed by atoms with Crippen molar-refractivity contribution in [2.24, 2.45) is 0 Å². The second-order valence-corrected chi connectivity index (χ2v) is 6.03. The van der Waals surface area contributed by atoms with E-state index in [9.17, 15) is 15.3 Å². The zero-order valence-corrected chi connectivity index (χ0v) is 13.0. The van der Waals surface area contributed by atoms with Gasteiger partial charge in [0.15, 0.2) is 16.7 Å². The molecule has 0 amide bonds. The number of benzene rings is 1. The maximum Gasteiger partial charge on any atom is 0.187 e. The first-order chi connectivity index (χ1) is 10.6. The van der Waals surface area contributed by atoms with Crippen LogP contribution in [0.15, 0.2) is 23.5 Å². The number of fused-ring (bicyclic) bond motifs is 1. The van der Waals surface area contributed by atoms with Crippen LogP contribution < -0.4 is 0 Å². The predicted octanol–water partition coefficient (Wildman–Crippen LogP) is 1.87. The van der Waals surface area contributed by atoms with Crippen LogP contribution >= 0.6 is 11.8 Å². The highest BCUT2D eigenvalue weighted by Gasteiger charge is 2.20. The van der Waals surface area contributed by atoms with Gasteiger partial charge in [-0.1, -0.05) is 11.8 Å². The van der Waals surface area contributed by atoms with Crippen molar-refractivity contribution < 1.29 is 15.3 Å². The fourth-order valence-electron chi connectivity index (χ4n) is 2.57. The van der Waals surface area contributed by atoms with Gasteiger partial charge < -0.3 is 15.3 Å². The van der Waals surface area contributed by atoms with E-state index in [0.29, 0.717) is 18.7 Å². The molecule has 3 rings (SSSR count). The summed E-state index contributed by atoms with van der Waals surface area (Å²) in [4.78, 5) is 11.0. The quantitative estimate of drug-likeness (QED) is 0.344. The summed E-state index contributed by atoms with van der Waals surface area (Å²) in [7, 11) is 0. The molecular weight excluding hydrogens is 302 g/mol. The average molecular weight is 319 g/mol. The van der Waals surface area contributed by atoms with Crippen molar-refractivity contribution >= 4 is 11.8 Å². The Morgan fingerprint density at radius 1 is 1.18 bits per heavy atom. The summed E-state index contributed by atoms with van der Waals surface area (Å²) in [5.41, 5.74) is 2.75. The van der Waals surface area contributed by atoms with E-state index in [0.717, 1.165) is 35.4 Å². The van der Waals surface area contributed by atoms with Crippen molar-refractivity contribution in [3.05, 3.63) is 35.2 Å². The zero-order valence-electron chi connectivity index (χ0n) is 12.2. The largest absolute Gasteiger partial charge is 0.507 e. The Bertz CT molecular complexity index is 709. The fourth-order valence-corrected chi connectivity index (χ4v) is 2.93. The van der Waals surface area contributed by atoms with Crippen LogP contribution in [0.2, 0.25) is 0 Å². The van der Waals surface area contributed by atoms with Crippen molar-refractivity contribution in [1.29, 1.82) is 0 Å². The minimum atomic E-state index is -0.316. The Morgan fingerprint density at radius 3 is 2.73 bits per heavy atom. The number of phenolic OH excluding ortho intramolecular Hbond substituents is 3. The fraction of sp³-hybridized carbons (Fsp3) is 0.333. The molecule has 1 aromatic carbocycles. The Kier molecular flexibility index (Phi) is 4.08. The summed E-state index contributed by atoms with van der Waals surface area (Å²) in [6.45, 7) is 2.01. The summed E-state index contributed by atoms with van der Waals surface area (Å²) in [5.74, 6) is -0.559. The van der Waals surface area contributed by atoms with Gasteiger partial charge in [0, 0.05) is 49.4 Å². The third kappa shape index (κ3) is 2.95. The van der Waals surface area contributed by atoms with Gasteiger partial charge in [0.1, 0.15) is 5.75 Å². The molecule has 0 atom stereocenters. The number of thioether (sulfide) groups is 1. The van der Waals surface area contributed by atoms with Crippen LogP contribution in [0, 0.1) is 0 Å². The van der Waals surface area contributed by atoms with Gasteiger partial charge in [0.2, 0.25) is 0 Å². The van der Waals surface area contributed by atoms with E-state index in [1.807, 2.05) is 12.5 Å². The molecule has 2 heterocycles. The van der Waals surface area contributed by atoms with Gasteiger partial charge in [-0.05, 0) is 12.3 Å². The van der Waals surface area contributed by atoms with Gasteiger partial charge in [-0.2, -0.15) is 0 Å². The molecule has 1 aromatic heterocycles. The normalized spacial score (nSPS) is 14.8.